The monoisotopic (exact) mass is 209 g/mol. The van der Waals surface area contributed by atoms with E-state index >= 15 is 0 Å². The number of nitriles is 1. The van der Waals surface area contributed by atoms with Crippen LogP contribution in [0.25, 0.3) is 10.2 Å². The first-order valence-electron chi connectivity index (χ1n) is 3.51. The van der Waals surface area contributed by atoms with Crippen molar-refractivity contribution in [3.8, 4) is 6.19 Å². The number of thiazole rings is 1. The number of fused-ring (bicyclic) bond motifs is 1. The fourth-order valence-electron chi connectivity index (χ4n) is 1.000. The van der Waals surface area contributed by atoms with Gasteiger partial charge < -0.3 is 0 Å². The molecule has 0 amide bonds. The SMILES string of the molecule is N#CNc1nc2ccc(Cl)cc2s1. The van der Waals surface area contributed by atoms with E-state index in [4.69, 9.17) is 16.9 Å². The normalized spacial score (nSPS) is 9.85. The minimum Gasteiger partial charge on any atom is -0.268 e. The number of benzene rings is 1. The lowest BCUT2D eigenvalue weighted by molar-refractivity contribution is 1.42. The molecule has 1 N–H and O–H groups in total. The van der Waals surface area contributed by atoms with E-state index in [0.29, 0.717) is 10.2 Å². The highest BCUT2D eigenvalue weighted by atomic mass is 35.5. The number of nitrogens with zero attached hydrogens (tertiary/aromatic N) is 2. The minimum atomic E-state index is 0.597. The van der Waals surface area contributed by atoms with Crippen molar-refractivity contribution in [2.24, 2.45) is 0 Å². The zero-order chi connectivity index (χ0) is 9.26. The highest BCUT2D eigenvalue weighted by Crippen LogP contribution is 2.27. The lowest BCUT2D eigenvalue weighted by Crippen LogP contribution is -1.83. The minimum absolute atomic E-state index is 0.597. The van der Waals surface area contributed by atoms with Crippen molar-refractivity contribution >= 4 is 38.3 Å². The van der Waals surface area contributed by atoms with Gasteiger partial charge in [-0.15, -0.1) is 0 Å². The summed E-state index contributed by atoms with van der Waals surface area (Å²) in [6.45, 7) is 0. The molecule has 0 aliphatic carbocycles. The summed E-state index contributed by atoms with van der Waals surface area (Å²) in [7, 11) is 0. The number of aromatic nitrogens is 1. The fraction of sp³-hybridized carbons (Fsp3) is 0. The Labute approximate surface area is 83.6 Å². The largest absolute Gasteiger partial charge is 0.268 e. The van der Waals surface area contributed by atoms with E-state index in [2.05, 4.69) is 10.3 Å². The summed E-state index contributed by atoms with van der Waals surface area (Å²) in [5, 5.41) is 12.1. The third-order valence-electron chi connectivity index (χ3n) is 1.51. The van der Waals surface area contributed by atoms with E-state index in [-0.39, 0.29) is 0 Å². The Hall–Kier alpha value is -1.31. The molecule has 0 radical (unpaired) electrons. The molecule has 0 saturated carbocycles. The molecule has 0 unspecified atom stereocenters. The summed E-state index contributed by atoms with van der Waals surface area (Å²) in [4.78, 5) is 4.17. The van der Waals surface area contributed by atoms with Crippen LogP contribution in [0.3, 0.4) is 0 Å². The molecule has 13 heavy (non-hydrogen) atoms. The fourth-order valence-corrected chi connectivity index (χ4v) is 2.09. The van der Waals surface area contributed by atoms with Gasteiger partial charge in [-0.2, -0.15) is 5.26 Å². The van der Waals surface area contributed by atoms with Crippen molar-refractivity contribution in [3.05, 3.63) is 23.2 Å². The van der Waals surface area contributed by atoms with Crippen LogP contribution >= 0.6 is 22.9 Å². The number of hydrogen-bond acceptors (Lipinski definition) is 4. The van der Waals surface area contributed by atoms with Gasteiger partial charge in [0, 0.05) is 5.02 Å². The second kappa shape index (κ2) is 3.21. The van der Waals surface area contributed by atoms with Crippen molar-refractivity contribution in [3.63, 3.8) is 0 Å². The number of anilines is 1. The van der Waals surface area contributed by atoms with Crippen LogP contribution in [0.2, 0.25) is 5.02 Å². The van der Waals surface area contributed by atoms with Crippen LogP contribution in [-0.4, -0.2) is 4.98 Å². The Morgan fingerprint density at radius 1 is 1.54 bits per heavy atom. The molecule has 5 heteroatoms. The molecular weight excluding hydrogens is 206 g/mol. The molecule has 0 aliphatic heterocycles. The first-order valence-corrected chi connectivity index (χ1v) is 4.70. The predicted molar refractivity (Wildman–Crippen MR) is 53.9 cm³/mol. The second-order valence-electron chi connectivity index (χ2n) is 2.37. The standard InChI is InChI=1S/C8H4ClN3S/c9-5-1-2-6-7(3-5)13-8(12-6)11-4-10/h1-3H,(H,11,12). The molecule has 3 nitrogen and oxygen atoms in total. The molecule has 1 aromatic carbocycles. The van der Waals surface area contributed by atoms with Gasteiger partial charge in [0.15, 0.2) is 11.3 Å². The molecule has 0 bridgehead atoms. The Morgan fingerprint density at radius 3 is 3.15 bits per heavy atom. The number of rotatable bonds is 1. The molecule has 1 aromatic heterocycles. The molecule has 0 fully saturated rings. The zero-order valence-electron chi connectivity index (χ0n) is 6.41. The number of hydrogen-bond donors (Lipinski definition) is 1. The maximum atomic E-state index is 8.38. The Morgan fingerprint density at radius 2 is 2.38 bits per heavy atom. The topological polar surface area (TPSA) is 48.7 Å². The molecule has 0 saturated heterocycles. The Balaban J connectivity index is 2.57. The molecular formula is C8H4ClN3S. The highest BCUT2D eigenvalue weighted by Gasteiger charge is 2.02. The molecule has 2 rings (SSSR count). The molecule has 64 valence electrons. The molecule has 0 spiro atoms. The van der Waals surface area contributed by atoms with E-state index in [1.54, 1.807) is 6.07 Å². The number of halogens is 1. The van der Waals surface area contributed by atoms with Crippen LogP contribution in [-0.2, 0) is 0 Å². The first-order chi connectivity index (χ1) is 6.29. The zero-order valence-corrected chi connectivity index (χ0v) is 7.99. The quantitative estimate of drug-likeness (QED) is 0.581. The van der Waals surface area contributed by atoms with Crippen LogP contribution in [0, 0.1) is 11.5 Å². The summed E-state index contributed by atoms with van der Waals surface area (Å²) in [5.74, 6) is 0. The Bertz CT molecular complexity index is 486. The van der Waals surface area contributed by atoms with Crippen LogP contribution in [0.4, 0.5) is 5.13 Å². The maximum Gasteiger partial charge on any atom is 0.197 e. The van der Waals surface area contributed by atoms with E-state index in [1.807, 2.05) is 18.3 Å². The van der Waals surface area contributed by atoms with E-state index < -0.39 is 0 Å². The van der Waals surface area contributed by atoms with Crippen molar-refractivity contribution in [2.75, 3.05) is 5.32 Å². The van der Waals surface area contributed by atoms with Gasteiger partial charge in [-0.05, 0) is 18.2 Å². The van der Waals surface area contributed by atoms with Crippen molar-refractivity contribution in [1.82, 2.24) is 4.98 Å². The van der Waals surface area contributed by atoms with Crippen LogP contribution in [0.5, 0.6) is 0 Å². The average Bonchev–Trinajstić information content (AvgIpc) is 2.46. The Kier molecular flexibility index (Phi) is 2.05. The van der Waals surface area contributed by atoms with Crippen LogP contribution < -0.4 is 5.32 Å². The average molecular weight is 210 g/mol. The van der Waals surface area contributed by atoms with E-state index in [0.717, 1.165) is 10.2 Å². The first kappa shape index (κ1) is 8.30. The molecule has 1 heterocycles. The van der Waals surface area contributed by atoms with Gasteiger partial charge in [0.05, 0.1) is 10.2 Å². The maximum absolute atomic E-state index is 8.38. The second-order valence-corrected chi connectivity index (χ2v) is 3.83. The van der Waals surface area contributed by atoms with Crippen molar-refractivity contribution in [1.29, 1.82) is 5.26 Å². The summed E-state index contributed by atoms with van der Waals surface area (Å²) >= 11 is 7.21. The van der Waals surface area contributed by atoms with Crippen LogP contribution in [0.15, 0.2) is 18.2 Å². The third kappa shape index (κ3) is 1.57. The smallest absolute Gasteiger partial charge is 0.197 e. The summed E-state index contributed by atoms with van der Waals surface area (Å²) < 4.78 is 0.977. The molecule has 0 aliphatic rings. The van der Waals surface area contributed by atoms with E-state index in [9.17, 15) is 0 Å². The molecule has 0 atom stereocenters. The lowest BCUT2D eigenvalue weighted by atomic mass is 10.3. The number of nitrogens with one attached hydrogen (secondary N) is 1. The van der Waals surface area contributed by atoms with E-state index in [1.165, 1.54) is 11.3 Å². The van der Waals surface area contributed by atoms with Gasteiger partial charge >= 0.3 is 0 Å². The molecule has 2 aromatic rings. The summed E-state index contributed by atoms with van der Waals surface area (Å²) in [6.07, 6.45) is 1.82. The van der Waals surface area contributed by atoms with Gasteiger partial charge in [0.1, 0.15) is 0 Å². The highest BCUT2D eigenvalue weighted by molar-refractivity contribution is 7.22. The van der Waals surface area contributed by atoms with Crippen molar-refractivity contribution < 1.29 is 0 Å². The van der Waals surface area contributed by atoms with Gasteiger partial charge in [0.25, 0.3) is 0 Å². The van der Waals surface area contributed by atoms with Gasteiger partial charge in [-0.1, -0.05) is 22.9 Å². The van der Waals surface area contributed by atoms with Gasteiger partial charge in [-0.3, -0.25) is 5.32 Å². The van der Waals surface area contributed by atoms with Gasteiger partial charge in [0.2, 0.25) is 0 Å². The lowest BCUT2D eigenvalue weighted by Gasteiger charge is -1.86. The van der Waals surface area contributed by atoms with Crippen LogP contribution in [0.1, 0.15) is 0 Å². The summed E-state index contributed by atoms with van der Waals surface area (Å²) in [6, 6.07) is 5.44. The van der Waals surface area contributed by atoms with Gasteiger partial charge in [-0.25, -0.2) is 4.98 Å². The third-order valence-corrected chi connectivity index (χ3v) is 2.68. The van der Waals surface area contributed by atoms with Crippen molar-refractivity contribution in [2.45, 2.75) is 0 Å². The predicted octanol–water partition coefficient (Wildman–Crippen LogP) is 2.84. The summed E-state index contributed by atoms with van der Waals surface area (Å²) in [5.41, 5.74) is 0.854.